The summed E-state index contributed by atoms with van der Waals surface area (Å²) in [6.07, 6.45) is 0.779. The summed E-state index contributed by atoms with van der Waals surface area (Å²) >= 11 is 0. The van der Waals surface area contributed by atoms with Gasteiger partial charge in [0, 0.05) is 39.3 Å². The van der Waals surface area contributed by atoms with Crippen molar-refractivity contribution in [1.29, 1.82) is 0 Å². The Hall–Kier alpha value is -2.49. The van der Waals surface area contributed by atoms with Gasteiger partial charge >= 0.3 is 5.69 Å². The first-order valence-electron chi connectivity index (χ1n) is 8.46. The molecule has 26 heavy (non-hydrogen) atoms. The van der Waals surface area contributed by atoms with Gasteiger partial charge in [0.2, 0.25) is 5.91 Å². The van der Waals surface area contributed by atoms with Crippen LogP contribution in [0.15, 0.2) is 21.7 Å². The summed E-state index contributed by atoms with van der Waals surface area (Å²) in [7, 11) is 3.22. The van der Waals surface area contributed by atoms with Gasteiger partial charge in [-0.1, -0.05) is 5.16 Å². The average Bonchev–Trinajstić information content (AvgIpc) is 3.23. The van der Waals surface area contributed by atoms with Crippen molar-refractivity contribution >= 4 is 5.91 Å². The second-order valence-electron chi connectivity index (χ2n) is 6.81. The maximum Gasteiger partial charge on any atom is 0.345 e. The third kappa shape index (κ3) is 4.01. The Morgan fingerprint density at radius 3 is 2.88 bits per heavy atom. The molecular weight excluding hydrogens is 343 g/mol. The van der Waals surface area contributed by atoms with E-state index in [1.807, 2.05) is 17.9 Å². The molecule has 9 nitrogen and oxygen atoms in total. The SMILES string of the molecule is Cc1cc(CN2C[C@@H](F)C[C@H]2CN(C)C(=O)Cn2ncn(C)c2=O)on1. The number of alkyl halides is 1. The molecule has 2 aromatic rings. The lowest BCUT2D eigenvalue weighted by molar-refractivity contribution is -0.131. The maximum absolute atomic E-state index is 13.9. The minimum Gasteiger partial charge on any atom is -0.360 e. The Kier molecular flexibility index (Phi) is 5.21. The number of hydrogen-bond acceptors (Lipinski definition) is 6. The zero-order valence-corrected chi connectivity index (χ0v) is 15.1. The molecule has 2 atom stereocenters. The number of carbonyl (C=O) groups is 1. The van der Waals surface area contributed by atoms with Crippen LogP contribution in [0.2, 0.25) is 0 Å². The molecule has 3 heterocycles. The van der Waals surface area contributed by atoms with E-state index in [9.17, 15) is 14.0 Å². The first kappa shape index (κ1) is 18.3. The quantitative estimate of drug-likeness (QED) is 0.712. The first-order valence-corrected chi connectivity index (χ1v) is 8.46. The molecule has 1 aliphatic heterocycles. The lowest BCUT2D eigenvalue weighted by atomic mass is 10.2. The molecule has 2 aromatic heterocycles. The van der Waals surface area contributed by atoms with Gasteiger partial charge in [-0.2, -0.15) is 5.10 Å². The minimum atomic E-state index is -0.939. The van der Waals surface area contributed by atoms with Crippen LogP contribution in [-0.4, -0.2) is 67.6 Å². The van der Waals surface area contributed by atoms with E-state index in [2.05, 4.69) is 10.3 Å². The molecule has 1 fully saturated rings. The van der Waals surface area contributed by atoms with Crippen molar-refractivity contribution in [1.82, 2.24) is 29.3 Å². The Balaban J connectivity index is 1.60. The summed E-state index contributed by atoms with van der Waals surface area (Å²) in [6, 6.07) is 1.70. The van der Waals surface area contributed by atoms with E-state index in [0.717, 1.165) is 10.4 Å². The number of aryl methyl sites for hydroxylation is 2. The summed E-state index contributed by atoms with van der Waals surface area (Å²) in [4.78, 5) is 27.7. The molecule has 1 aliphatic rings. The van der Waals surface area contributed by atoms with Crippen LogP contribution in [0.1, 0.15) is 17.9 Å². The van der Waals surface area contributed by atoms with Crippen molar-refractivity contribution in [2.75, 3.05) is 20.1 Å². The number of amides is 1. The number of halogens is 1. The molecule has 1 amide bonds. The molecule has 0 saturated carbocycles. The molecule has 0 unspecified atom stereocenters. The highest BCUT2D eigenvalue weighted by molar-refractivity contribution is 5.75. The fraction of sp³-hybridized carbons (Fsp3) is 0.625. The number of hydrogen-bond donors (Lipinski definition) is 0. The van der Waals surface area contributed by atoms with Gasteiger partial charge in [-0.05, 0) is 13.3 Å². The van der Waals surface area contributed by atoms with E-state index in [0.29, 0.717) is 31.8 Å². The molecule has 0 aliphatic carbocycles. The van der Waals surface area contributed by atoms with E-state index in [4.69, 9.17) is 4.52 Å². The van der Waals surface area contributed by atoms with Crippen LogP contribution in [0, 0.1) is 6.92 Å². The lowest BCUT2D eigenvalue weighted by Crippen LogP contribution is -2.42. The van der Waals surface area contributed by atoms with Crippen molar-refractivity contribution in [3.8, 4) is 0 Å². The monoisotopic (exact) mass is 366 g/mol. The zero-order valence-electron chi connectivity index (χ0n) is 15.1. The number of likely N-dealkylation sites (N-methyl/N-ethyl adjacent to an activating group) is 1. The molecule has 1 saturated heterocycles. The van der Waals surface area contributed by atoms with Crippen molar-refractivity contribution in [3.05, 3.63) is 34.3 Å². The van der Waals surface area contributed by atoms with Crippen LogP contribution in [0.3, 0.4) is 0 Å². The van der Waals surface area contributed by atoms with Gasteiger partial charge in [-0.15, -0.1) is 0 Å². The minimum absolute atomic E-state index is 0.121. The number of carbonyl (C=O) groups excluding carboxylic acids is 1. The van der Waals surface area contributed by atoms with Gasteiger partial charge in [0.25, 0.3) is 0 Å². The van der Waals surface area contributed by atoms with Crippen LogP contribution in [0.4, 0.5) is 4.39 Å². The van der Waals surface area contributed by atoms with Gasteiger partial charge in [0.1, 0.15) is 19.0 Å². The first-order chi connectivity index (χ1) is 12.3. The molecule has 0 bridgehead atoms. The Labute approximate surface area is 150 Å². The zero-order chi connectivity index (χ0) is 18.8. The van der Waals surface area contributed by atoms with E-state index in [-0.39, 0.29) is 24.2 Å². The standard InChI is InChI=1S/C16H23FN6O3/c1-11-4-14(26-19-11)8-22-6-12(17)5-13(22)7-20(2)15(24)9-23-16(25)21(3)10-18-23/h4,10,12-13H,5-9H2,1-3H3/t12-,13-/m0/s1. The molecule has 0 N–H and O–H groups in total. The van der Waals surface area contributed by atoms with Gasteiger partial charge in [-0.3, -0.25) is 14.3 Å². The Bertz CT molecular complexity index is 828. The van der Waals surface area contributed by atoms with Gasteiger partial charge in [0.15, 0.2) is 5.76 Å². The third-order valence-corrected chi connectivity index (χ3v) is 4.59. The fourth-order valence-corrected chi connectivity index (χ4v) is 3.19. The van der Waals surface area contributed by atoms with Crippen molar-refractivity contribution in [2.45, 2.75) is 38.6 Å². The summed E-state index contributed by atoms with van der Waals surface area (Å²) < 4.78 is 21.6. The topological polar surface area (TPSA) is 89.4 Å². The maximum atomic E-state index is 13.9. The summed E-state index contributed by atoms with van der Waals surface area (Å²) in [5.74, 6) is 0.430. The van der Waals surface area contributed by atoms with Crippen molar-refractivity contribution in [2.24, 2.45) is 7.05 Å². The highest BCUT2D eigenvalue weighted by Gasteiger charge is 2.34. The van der Waals surface area contributed by atoms with Crippen LogP contribution in [0.5, 0.6) is 0 Å². The molecule has 0 spiro atoms. The second kappa shape index (κ2) is 7.40. The predicted octanol–water partition coefficient (Wildman–Crippen LogP) is -0.0508. The third-order valence-electron chi connectivity index (χ3n) is 4.59. The average molecular weight is 366 g/mol. The lowest BCUT2D eigenvalue weighted by Gasteiger charge is -2.27. The fourth-order valence-electron chi connectivity index (χ4n) is 3.19. The van der Waals surface area contributed by atoms with Crippen molar-refractivity contribution < 1.29 is 13.7 Å². The summed E-state index contributed by atoms with van der Waals surface area (Å²) in [6.45, 7) is 2.81. The largest absolute Gasteiger partial charge is 0.360 e. The van der Waals surface area contributed by atoms with Gasteiger partial charge in [-0.25, -0.2) is 13.9 Å². The van der Waals surface area contributed by atoms with Crippen molar-refractivity contribution in [3.63, 3.8) is 0 Å². The summed E-state index contributed by atoms with van der Waals surface area (Å²) in [5, 5.41) is 7.73. The molecule has 0 aromatic carbocycles. The van der Waals surface area contributed by atoms with Crippen LogP contribution < -0.4 is 5.69 Å². The second-order valence-corrected chi connectivity index (χ2v) is 6.81. The van der Waals surface area contributed by atoms with Crippen LogP contribution in [0.25, 0.3) is 0 Å². The molecule has 10 heteroatoms. The molecule has 0 radical (unpaired) electrons. The molecule has 3 rings (SSSR count). The Morgan fingerprint density at radius 2 is 2.27 bits per heavy atom. The highest BCUT2D eigenvalue weighted by atomic mass is 19.1. The number of rotatable bonds is 6. The van der Waals surface area contributed by atoms with Crippen LogP contribution >= 0.6 is 0 Å². The van der Waals surface area contributed by atoms with Gasteiger partial charge < -0.3 is 9.42 Å². The molecule has 142 valence electrons. The summed E-state index contributed by atoms with van der Waals surface area (Å²) in [5.41, 5.74) is 0.430. The van der Waals surface area contributed by atoms with Gasteiger partial charge in [0.05, 0.1) is 12.2 Å². The highest BCUT2D eigenvalue weighted by Crippen LogP contribution is 2.23. The Morgan fingerprint density at radius 1 is 1.50 bits per heavy atom. The predicted molar refractivity (Wildman–Crippen MR) is 90.1 cm³/mol. The van der Waals surface area contributed by atoms with Crippen LogP contribution in [-0.2, 0) is 24.9 Å². The van der Waals surface area contributed by atoms with E-state index >= 15 is 0 Å². The number of aromatic nitrogens is 4. The molecular formula is C16H23FN6O3. The van der Waals surface area contributed by atoms with E-state index in [1.54, 1.807) is 14.1 Å². The van der Waals surface area contributed by atoms with E-state index < -0.39 is 6.17 Å². The number of likely N-dealkylation sites (tertiary alicyclic amines) is 1. The number of nitrogens with zero attached hydrogens (tertiary/aromatic N) is 6. The van der Waals surface area contributed by atoms with E-state index in [1.165, 1.54) is 15.8 Å². The normalized spacial score (nSPS) is 20.6. The smallest absolute Gasteiger partial charge is 0.345 e.